The zero-order valence-electron chi connectivity index (χ0n) is 8.50. The maximum atomic E-state index is 11.6. The lowest BCUT2D eigenvalue weighted by atomic mass is 9.73. The van der Waals surface area contributed by atoms with Crippen LogP contribution in [0, 0.1) is 28.1 Å². The zero-order chi connectivity index (χ0) is 11.5. The Morgan fingerprint density at radius 3 is 2.73 bits per heavy atom. The first-order valence-corrected chi connectivity index (χ1v) is 4.60. The quantitative estimate of drug-likeness (QED) is 0.635. The number of nitrogens with two attached hydrogens (primary N) is 1. The molecule has 0 bridgehead atoms. The van der Waals surface area contributed by atoms with Crippen molar-refractivity contribution in [1.82, 2.24) is 5.32 Å². The zero-order valence-corrected chi connectivity index (χ0v) is 8.50. The smallest absolute Gasteiger partial charge is 0.240 e. The van der Waals surface area contributed by atoms with Gasteiger partial charge in [-0.1, -0.05) is 0 Å². The Hall–Kier alpha value is -2.01. The topological polar surface area (TPSA) is 103 Å². The van der Waals surface area contributed by atoms with Crippen molar-refractivity contribution in [2.75, 3.05) is 7.05 Å². The molecule has 5 nitrogen and oxygen atoms in total. The molecule has 1 aliphatic rings. The van der Waals surface area contributed by atoms with E-state index in [2.05, 4.69) is 5.32 Å². The highest BCUT2D eigenvalue weighted by molar-refractivity contribution is 5.86. The Labute approximate surface area is 88.2 Å². The summed E-state index contributed by atoms with van der Waals surface area (Å²) in [7, 11) is 1.48. The number of carbonyl (C=O) groups is 1. The summed E-state index contributed by atoms with van der Waals surface area (Å²) in [5.41, 5.74) is 5.35. The van der Waals surface area contributed by atoms with Gasteiger partial charge < -0.3 is 11.1 Å². The van der Waals surface area contributed by atoms with Crippen LogP contribution in [-0.4, -0.2) is 13.0 Å². The SMILES string of the molecule is CNC(=O)C1(C#N)CCC(N)=C(C#N)C1. The van der Waals surface area contributed by atoms with Crippen LogP contribution in [0.3, 0.4) is 0 Å². The van der Waals surface area contributed by atoms with Crippen LogP contribution < -0.4 is 11.1 Å². The largest absolute Gasteiger partial charge is 0.401 e. The van der Waals surface area contributed by atoms with Crippen LogP contribution in [0.25, 0.3) is 0 Å². The molecule has 1 atom stereocenters. The minimum absolute atomic E-state index is 0.117. The molecule has 0 saturated carbocycles. The first-order chi connectivity index (χ1) is 7.09. The maximum Gasteiger partial charge on any atom is 0.240 e. The third-order valence-corrected chi connectivity index (χ3v) is 2.70. The molecular formula is C10H12N4O. The summed E-state index contributed by atoms with van der Waals surface area (Å²) in [6.07, 6.45) is 0.912. The molecule has 0 aromatic heterocycles. The molecule has 1 amide bonds. The second kappa shape index (κ2) is 4.02. The van der Waals surface area contributed by atoms with E-state index >= 15 is 0 Å². The van der Waals surface area contributed by atoms with E-state index in [0.29, 0.717) is 24.1 Å². The Kier molecular flexibility index (Phi) is 2.96. The monoisotopic (exact) mass is 204 g/mol. The predicted molar refractivity (Wildman–Crippen MR) is 52.8 cm³/mol. The molecule has 1 aliphatic carbocycles. The first kappa shape index (κ1) is 11.1. The summed E-state index contributed by atoms with van der Waals surface area (Å²) < 4.78 is 0. The molecule has 0 aromatic carbocycles. The van der Waals surface area contributed by atoms with E-state index in [0.717, 1.165) is 0 Å². The van der Waals surface area contributed by atoms with E-state index in [1.807, 2.05) is 12.1 Å². The average molecular weight is 204 g/mol. The van der Waals surface area contributed by atoms with Crippen molar-refractivity contribution in [3.63, 3.8) is 0 Å². The van der Waals surface area contributed by atoms with Crippen molar-refractivity contribution in [2.24, 2.45) is 11.1 Å². The minimum Gasteiger partial charge on any atom is -0.401 e. The second-order valence-corrected chi connectivity index (χ2v) is 3.57. The standard InChI is InChI=1S/C10H12N4O/c1-14-9(15)10(6-12)3-2-8(13)7(4-10)5-11/h2-4,13H2,1H3,(H,14,15). The highest BCUT2D eigenvalue weighted by Crippen LogP contribution is 2.37. The van der Waals surface area contributed by atoms with Gasteiger partial charge in [-0.15, -0.1) is 0 Å². The molecule has 0 aromatic rings. The van der Waals surface area contributed by atoms with Crippen LogP contribution in [0.1, 0.15) is 19.3 Å². The van der Waals surface area contributed by atoms with E-state index in [9.17, 15) is 4.79 Å². The molecule has 0 radical (unpaired) electrons. The third-order valence-electron chi connectivity index (χ3n) is 2.70. The fourth-order valence-electron chi connectivity index (χ4n) is 1.69. The van der Waals surface area contributed by atoms with Crippen LogP contribution >= 0.6 is 0 Å². The average Bonchev–Trinajstić information content (AvgIpc) is 2.29. The van der Waals surface area contributed by atoms with Gasteiger partial charge in [0.15, 0.2) is 0 Å². The van der Waals surface area contributed by atoms with E-state index in [1.54, 1.807) is 0 Å². The number of amides is 1. The molecule has 0 fully saturated rings. The summed E-state index contributed by atoms with van der Waals surface area (Å²) >= 11 is 0. The highest BCUT2D eigenvalue weighted by atomic mass is 16.2. The van der Waals surface area contributed by atoms with E-state index in [4.69, 9.17) is 16.3 Å². The number of nitriles is 2. The van der Waals surface area contributed by atoms with Crippen molar-refractivity contribution in [3.8, 4) is 12.1 Å². The lowest BCUT2D eigenvalue weighted by Crippen LogP contribution is -2.40. The van der Waals surface area contributed by atoms with Crippen molar-refractivity contribution >= 4 is 5.91 Å². The number of nitrogens with one attached hydrogen (secondary N) is 1. The molecule has 3 N–H and O–H groups in total. The summed E-state index contributed by atoms with van der Waals surface area (Å²) in [6, 6.07) is 3.95. The normalized spacial score (nSPS) is 25.3. The van der Waals surface area contributed by atoms with Crippen LogP contribution in [0.5, 0.6) is 0 Å². The van der Waals surface area contributed by atoms with Crippen molar-refractivity contribution < 1.29 is 4.79 Å². The van der Waals surface area contributed by atoms with Crippen LogP contribution in [-0.2, 0) is 4.79 Å². The maximum absolute atomic E-state index is 11.6. The Morgan fingerprint density at radius 2 is 2.27 bits per heavy atom. The molecule has 0 spiro atoms. The molecule has 0 heterocycles. The number of nitrogens with zero attached hydrogens (tertiary/aromatic N) is 2. The molecule has 1 rings (SSSR count). The third kappa shape index (κ3) is 1.77. The van der Waals surface area contributed by atoms with Crippen LogP contribution in [0.2, 0.25) is 0 Å². The van der Waals surface area contributed by atoms with Crippen LogP contribution in [0.15, 0.2) is 11.3 Å². The van der Waals surface area contributed by atoms with Crippen LogP contribution in [0.4, 0.5) is 0 Å². The molecular weight excluding hydrogens is 192 g/mol. The lowest BCUT2D eigenvalue weighted by molar-refractivity contribution is -0.128. The Balaban J connectivity index is 3.06. The van der Waals surface area contributed by atoms with Gasteiger partial charge in [-0.25, -0.2) is 0 Å². The second-order valence-electron chi connectivity index (χ2n) is 3.57. The Morgan fingerprint density at radius 1 is 1.60 bits per heavy atom. The molecule has 5 heteroatoms. The Bertz CT molecular complexity index is 399. The predicted octanol–water partition coefficient (Wildman–Crippen LogP) is 0.163. The van der Waals surface area contributed by atoms with Crippen molar-refractivity contribution in [3.05, 3.63) is 11.3 Å². The summed E-state index contributed by atoms with van der Waals surface area (Å²) in [4.78, 5) is 11.6. The van der Waals surface area contributed by atoms with Gasteiger partial charge >= 0.3 is 0 Å². The number of hydrogen-bond donors (Lipinski definition) is 2. The van der Waals surface area contributed by atoms with Gasteiger partial charge in [-0.3, -0.25) is 4.79 Å². The van der Waals surface area contributed by atoms with Crippen molar-refractivity contribution in [2.45, 2.75) is 19.3 Å². The lowest BCUT2D eigenvalue weighted by Gasteiger charge is -2.28. The summed E-state index contributed by atoms with van der Waals surface area (Å²) in [6.45, 7) is 0. The number of allylic oxidation sites excluding steroid dienone is 2. The van der Waals surface area contributed by atoms with Gasteiger partial charge in [0, 0.05) is 19.2 Å². The van der Waals surface area contributed by atoms with E-state index in [-0.39, 0.29) is 12.3 Å². The van der Waals surface area contributed by atoms with Gasteiger partial charge in [0.2, 0.25) is 5.91 Å². The molecule has 78 valence electrons. The summed E-state index contributed by atoms with van der Waals surface area (Å²) in [5.74, 6) is -0.342. The van der Waals surface area contributed by atoms with Gasteiger partial charge in [-0.2, -0.15) is 10.5 Å². The highest BCUT2D eigenvalue weighted by Gasteiger charge is 2.41. The molecule has 0 saturated heterocycles. The van der Waals surface area contributed by atoms with Gasteiger partial charge in [0.1, 0.15) is 5.41 Å². The van der Waals surface area contributed by atoms with E-state index < -0.39 is 5.41 Å². The molecule has 15 heavy (non-hydrogen) atoms. The summed E-state index contributed by atoms with van der Waals surface area (Å²) in [5, 5.41) is 20.3. The first-order valence-electron chi connectivity index (χ1n) is 4.60. The fraction of sp³-hybridized carbons (Fsp3) is 0.500. The number of carbonyl (C=O) groups excluding carboxylic acids is 1. The van der Waals surface area contributed by atoms with Gasteiger partial charge in [0.05, 0.1) is 17.7 Å². The fourth-order valence-corrected chi connectivity index (χ4v) is 1.69. The molecule has 0 aliphatic heterocycles. The van der Waals surface area contributed by atoms with Gasteiger partial charge in [0.25, 0.3) is 0 Å². The van der Waals surface area contributed by atoms with Gasteiger partial charge in [-0.05, 0) is 12.8 Å². The minimum atomic E-state index is -1.12. The number of hydrogen-bond acceptors (Lipinski definition) is 4. The van der Waals surface area contributed by atoms with Crippen molar-refractivity contribution in [1.29, 1.82) is 10.5 Å². The van der Waals surface area contributed by atoms with E-state index in [1.165, 1.54) is 7.05 Å². The number of rotatable bonds is 1. The molecule has 1 unspecified atom stereocenters.